The quantitative estimate of drug-likeness (QED) is 0.189. The average molecular weight is 552 g/mol. The van der Waals surface area contributed by atoms with E-state index in [1.165, 1.54) is 0 Å². The lowest BCUT2D eigenvalue weighted by Gasteiger charge is -2.20. The number of benzene rings is 6. The van der Waals surface area contributed by atoms with Gasteiger partial charge in [0.2, 0.25) is 17.1 Å². The van der Waals surface area contributed by atoms with E-state index in [4.69, 9.17) is 0 Å². The normalized spacial score (nSPS) is 10.9. The Morgan fingerprint density at radius 1 is 0.326 bits per heavy atom. The van der Waals surface area contributed by atoms with Crippen molar-refractivity contribution >= 4 is 0 Å². The average Bonchev–Trinajstić information content (AvgIpc) is 3.09. The molecule has 0 atom stereocenters. The molecule has 0 unspecified atom stereocenters. The molecule has 0 N–H and O–H groups in total. The van der Waals surface area contributed by atoms with E-state index in [9.17, 15) is 5.11 Å². The Bertz CT molecular complexity index is 1870. The van der Waals surface area contributed by atoms with Gasteiger partial charge in [0.05, 0.1) is 11.1 Å². The minimum absolute atomic E-state index is 0.0227. The van der Waals surface area contributed by atoms with Gasteiger partial charge in [0.15, 0.2) is 0 Å². The van der Waals surface area contributed by atoms with E-state index in [0.29, 0.717) is 0 Å². The molecular weight excluding hydrogens is 522 g/mol. The maximum Gasteiger partial charge on any atom is 0.227 e. The number of pyridine rings is 1. The second-order valence-electron chi connectivity index (χ2n) is 10.5. The first-order valence-electron chi connectivity index (χ1n) is 14.5. The van der Waals surface area contributed by atoms with Crippen LogP contribution in [0.15, 0.2) is 176 Å². The van der Waals surface area contributed by atoms with Crippen molar-refractivity contribution in [3.8, 4) is 67.3 Å². The van der Waals surface area contributed by atoms with Gasteiger partial charge in [0.25, 0.3) is 0 Å². The van der Waals surface area contributed by atoms with Crippen LogP contribution < -0.4 is 9.67 Å². The molecule has 7 aromatic rings. The van der Waals surface area contributed by atoms with Crippen LogP contribution in [-0.4, -0.2) is 0 Å². The third kappa shape index (κ3) is 5.23. The van der Waals surface area contributed by atoms with E-state index < -0.39 is 0 Å². The smallest absolute Gasteiger partial charge is 0.227 e. The third-order valence-corrected chi connectivity index (χ3v) is 7.79. The SMILES string of the molecule is [O-]c1cc(-c2ccccc2)c(-[n+]2c(-c3ccccc3)cc(-c3ccccc3)cc2-c2ccccc2)c(-c2ccccc2)c1. The monoisotopic (exact) mass is 551 g/mol. The molecule has 43 heavy (non-hydrogen) atoms. The van der Waals surface area contributed by atoms with Crippen molar-refractivity contribution in [2.75, 3.05) is 0 Å². The topological polar surface area (TPSA) is 26.9 Å². The van der Waals surface area contributed by atoms with Gasteiger partial charge in [-0.3, -0.25) is 0 Å². The molecule has 0 aliphatic rings. The van der Waals surface area contributed by atoms with Gasteiger partial charge in [-0.15, -0.1) is 5.75 Å². The molecule has 0 saturated carbocycles. The van der Waals surface area contributed by atoms with Gasteiger partial charge >= 0.3 is 0 Å². The molecule has 0 saturated heterocycles. The number of rotatable bonds is 6. The van der Waals surface area contributed by atoms with Crippen LogP contribution >= 0.6 is 0 Å². The Kier molecular flexibility index (Phi) is 7.09. The van der Waals surface area contributed by atoms with Gasteiger partial charge in [0.1, 0.15) is 0 Å². The highest BCUT2D eigenvalue weighted by atomic mass is 16.3. The highest BCUT2D eigenvalue weighted by Gasteiger charge is 2.30. The molecule has 7 rings (SSSR count). The number of hydrogen-bond donors (Lipinski definition) is 0. The summed E-state index contributed by atoms with van der Waals surface area (Å²) in [5.41, 5.74) is 11.2. The van der Waals surface area contributed by atoms with Crippen molar-refractivity contribution in [3.05, 3.63) is 176 Å². The predicted octanol–water partition coefficient (Wildman–Crippen LogP) is 9.37. The van der Waals surface area contributed by atoms with Gasteiger partial charge in [-0.1, -0.05) is 140 Å². The lowest BCUT2D eigenvalue weighted by molar-refractivity contribution is -0.570. The first-order valence-corrected chi connectivity index (χ1v) is 14.5. The molecule has 6 aromatic carbocycles. The number of hydrogen-bond acceptors (Lipinski definition) is 1. The molecule has 204 valence electrons. The van der Waals surface area contributed by atoms with Crippen LogP contribution in [0.25, 0.3) is 61.6 Å². The van der Waals surface area contributed by atoms with Gasteiger partial charge in [-0.25, -0.2) is 0 Å². The fraction of sp³-hybridized carbons (Fsp3) is 0. The molecule has 2 heteroatoms. The zero-order chi connectivity index (χ0) is 29.0. The highest BCUT2D eigenvalue weighted by molar-refractivity contribution is 5.86. The first-order chi connectivity index (χ1) is 21.3. The minimum atomic E-state index is -0.0227. The van der Waals surface area contributed by atoms with Crippen LogP contribution in [0.4, 0.5) is 0 Å². The molecule has 2 nitrogen and oxygen atoms in total. The molecule has 1 aromatic heterocycles. The molecule has 0 aliphatic carbocycles. The summed E-state index contributed by atoms with van der Waals surface area (Å²) >= 11 is 0. The standard InChI is InChI=1S/C41H29NO/c43-36-28-37(31-18-8-2-9-19-31)41(38(29-36)32-20-10-3-11-21-32)42-39(33-22-12-4-13-23-33)26-35(30-16-6-1-7-17-30)27-40(42)34-24-14-5-15-25-34/h1-29H. The summed E-state index contributed by atoms with van der Waals surface area (Å²) in [6.07, 6.45) is 0. The Balaban J connectivity index is 1.68. The lowest BCUT2D eigenvalue weighted by atomic mass is 9.92. The molecule has 0 spiro atoms. The summed E-state index contributed by atoms with van der Waals surface area (Å²) in [7, 11) is 0. The van der Waals surface area contributed by atoms with Crippen molar-refractivity contribution in [2.24, 2.45) is 0 Å². The first kappa shape index (κ1) is 26.2. The summed E-state index contributed by atoms with van der Waals surface area (Å²) in [6, 6.07) is 60.1. The Labute approximate surface area is 252 Å². The molecule has 0 aliphatic heterocycles. The van der Waals surface area contributed by atoms with E-state index in [1.54, 1.807) is 12.1 Å². The van der Waals surface area contributed by atoms with E-state index in [1.807, 2.05) is 54.6 Å². The summed E-state index contributed by atoms with van der Waals surface area (Å²) in [6.45, 7) is 0. The van der Waals surface area contributed by atoms with Gasteiger partial charge in [0, 0.05) is 23.3 Å². The highest BCUT2D eigenvalue weighted by Crippen LogP contribution is 2.39. The van der Waals surface area contributed by atoms with E-state index in [0.717, 1.165) is 61.6 Å². The molecule has 0 bridgehead atoms. The Morgan fingerprint density at radius 2 is 0.651 bits per heavy atom. The largest absolute Gasteiger partial charge is 0.872 e. The van der Waals surface area contributed by atoms with Crippen molar-refractivity contribution in [1.29, 1.82) is 0 Å². The number of aromatic nitrogens is 1. The number of nitrogens with zero attached hydrogens (tertiary/aromatic N) is 1. The predicted molar refractivity (Wildman–Crippen MR) is 175 cm³/mol. The van der Waals surface area contributed by atoms with Crippen LogP contribution in [-0.2, 0) is 0 Å². The van der Waals surface area contributed by atoms with Crippen molar-refractivity contribution < 1.29 is 9.67 Å². The Morgan fingerprint density at radius 3 is 1.02 bits per heavy atom. The minimum Gasteiger partial charge on any atom is -0.872 e. The molecule has 0 radical (unpaired) electrons. The fourth-order valence-corrected chi connectivity index (χ4v) is 5.80. The van der Waals surface area contributed by atoms with Crippen LogP contribution in [0, 0.1) is 0 Å². The van der Waals surface area contributed by atoms with Crippen LogP contribution in [0.5, 0.6) is 5.75 Å². The van der Waals surface area contributed by atoms with E-state index in [2.05, 4.69) is 114 Å². The summed E-state index contributed by atoms with van der Waals surface area (Å²) < 4.78 is 2.35. The maximum absolute atomic E-state index is 13.4. The zero-order valence-electron chi connectivity index (χ0n) is 23.6. The second-order valence-corrected chi connectivity index (χ2v) is 10.5. The van der Waals surface area contributed by atoms with E-state index >= 15 is 0 Å². The Hall–Kier alpha value is -5.73. The van der Waals surface area contributed by atoms with Gasteiger partial charge in [-0.05, 0) is 46.5 Å². The van der Waals surface area contributed by atoms with Crippen LogP contribution in [0.1, 0.15) is 0 Å². The fourth-order valence-electron chi connectivity index (χ4n) is 5.80. The molecule has 1 heterocycles. The van der Waals surface area contributed by atoms with Crippen molar-refractivity contribution in [1.82, 2.24) is 0 Å². The molecule has 0 fully saturated rings. The van der Waals surface area contributed by atoms with E-state index in [-0.39, 0.29) is 5.75 Å². The van der Waals surface area contributed by atoms with Crippen LogP contribution in [0.3, 0.4) is 0 Å². The van der Waals surface area contributed by atoms with Gasteiger partial charge < -0.3 is 5.11 Å². The summed E-state index contributed by atoms with van der Waals surface area (Å²) in [5, 5.41) is 13.4. The third-order valence-electron chi connectivity index (χ3n) is 7.79. The summed E-state index contributed by atoms with van der Waals surface area (Å²) in [5.74, 6) is -0.0227. The lowest BCUT2D eigenvalue weighted by Crippen LogP contribution is -2.38. The summed E-state index contributed by atoms with van der Waals surface area (Å²) in [4.78, 5) is 0. The van der Waals surface area contributed by atoms with Crippen LogP contribution in [0.2, 0.25) is 0 Å². The molecular formula is C41H29NO. The molecule has 0 amide bonds. The second kappa shape index (κ2) is 11.6. The zero-order valence-corrected chi connectivity index (χ0v) is 23.6. The maximum atomic E-state index is 13.4. The van der Waals surface area contributed by atoms with Gasteiger partial charge in [-0.2, -0.15) is 4.57 Å². The van der Waals surface area contributed by atoms with Crippen molar-refractivity contribution in [2.45, 2.75) is 0 Å². The van der Waals surface area contributed by atoms with Crippen molar-refractivity contribution in [3.63, 3.8) is 0 Å².